The molecule has 118 valence electrons. The van der Waals surface area contributed by atoms with Crippen molar-refractivity contribution in [2.75, 3.05) is 6.61 Å². The first-order valence-corrected chi connectivity index (χ1v) is 7.38. The van der Waals surface area contributed by atoms with Gasteiger partial charge in [-0.05, 0) is 22.9 Å². The number of aliphatic hydroxyl groups is 3. The molecule has 5 atom stereocenters. The Balaban J connectivity index is 1.80. The molecule has 3 rings (SSSR count). The second-order valence-corrected chi connectivity index (χ2v) is 5.69. The monoisotopic (exact) mass is 304 g/mol. The SMILES string of the molecule is C[C@H]1[C@H](O)[C@@H](O)[C@H](Oc2ccc3ccccc3c2)O[C@@H]1CO. The van der Waals surface area contributed by atoms with Gasteiger partial charge >= 0.3 is 0 Å². The summed E-state index contributed by atoms with van der Waals surface area (Å²) in [5.74, 6) is 0.178. The van der Waals surface area contributed by atoms with Crippen LogP contribution in [-0.4, -0.2) is 46.5 Å². The first-order valence-electron chi connectivity index (χ1n) is 7.38. The molecule has 1 aliphatic heterocycles. The maximum absolute atomic E-state index is 10.1. The third-order valence-corrected chi connectivity index (χ3v) is 4.22. The number of aliphatic hydroxyl groups excluding tert-OH is 3. The van der Waals surface area contributed by atoms with Gasteiger partial charge in [0.1, 0.15) is 11.9 Å². The molecule has 1 heterocycles. The van der Waals surface area contributed by atoms with Crippen LogP contribution < -0.4 is 4.74 Å². The molecule has 0 aliphatic carbocycles. The minimum absolute atomic E-state index is 0.234. The zero-order valence-electron chi connectivity index (χ0n) is 12.3. The van der Waals surface area contributed by atoms with Crippen molar-refractivity contribution in [1.82, 2.24) is 0 Å². The third-order valence-electron chi connectivity index (χ3n) is 4.22. The summed E-state index contributed by atoms with van der Waals surface area (Å²) in [7, 11) is 0. The van der Waals surface area contributed by atoms with Gasteiger partial charge in [-0.2, -0.15) is 0 Å². The van der Waals surface area contributed by atoms with E-state index in [1.54, 1.807) is 13.0 Å². The topological polar surface area (TPSA) is 79.2 Å². The molecule has 2 aromatic rings. The van der Waals surface area contributed by atoms with Crippen LogP contribution in [0, 0.1) is 5.92 Å². The highest BCUT2D eigenvalue weighted by molar-refractivity contribution is 5.83. The van der Waals surface area contributed by atoms with E-state index in [1.165, 1.54) is 0 Å². The molecule has 2 aromatic carbocycles. The maximum atomic E-state index is 10.1. The van der Waals surface area contributed by atoms with E-state index in [0.29, 0.717) is 5.75 Å². The summed E-state index contributed by atoms with van der Waals surface area (Å²) in [5, 5.41) is 31.6. The Bertz CT molecular complexity index is 642. The summed E-state index contributed by atoms with van der Waals surface area (Å²) in [6, 6.07) is 13.4. The normalized spacial score (nSPS) is 32.1. The molecule has 0 bridgehead atoms. The van der Waals surface area contributed by atoms with Crippen molar-refractivity contribution in [2.24, 2.45) is 5.92 Å². The number of fused-ring (bicyclic) bond motifs is 1. The summed E-state index contributed by atoms with van der Waals surface area (Å²) < 4.78 is 11.2. The fourth-order valence-electron chi connectivity index (χ4n) is 2.75. The Hall–Kier alpha value is -1.66. The number of rotatable bonds is 3. The van der Waals surface area contributed by atoms with Crippen molar-refractivity contribution in [3.63, 3.8) is 0 Å². The number of ether oxygens (including phenoxy) is 2. The predicted molar refractivity (Wildman–Crippen MR) is 81.5 cm³/mol. The lowest BCUT2D eigenvalue weighted by atomic mass is 9.91. The van der Waals surface area contributed by atoms with Crippen molar-refractivity contribution in [1.29, 1.82) is 0 Å². The molecule has 0 saturated carbocycles. The van der Waals surface area contributed by atoms with Crippen molar-refractivity contribution < 1.29 is 24.8 Å². The van der Waals surface area contributed by atoms with Crippen LogP contribution in [0.5, 0.6) is 5.75 Å². The molecule has 1 fully saturated rings. The highest BCUT2D eigenvalue weighted by Gasteiger charge is 2.43. The largest absolute Gasteiger partial charge is 0.462 e. The van der Waals surface area contributed by atoms with Crippen LogP contribution in [0.25, 0.3) is 10.8 Å². The van der Waals surface area contributed by atoms with E-state index in [-0.39, 0.29) is 12.5 Å². The number of benzene rings is 2. The van der Waals surface area contributed by atoms with Crippen LogP contribution in [0.15, 0.2) is 42.5 Å². The Morgan fingerprint density at radius 2 is 1.77 bits per heavy atom. The van der Waals surface area contributed by atoms with Crippen molar-refractivity contribution in [2.45, 2.75) is 31.5 Å². The summed E-state index contributed by atoms with van der Waals surface area (Å²) in [6.07, 6.45) is -3.74. The fraction of sp³-hybridized carbons (Fsp3) is 0.412. The van der Waals surface area contributed by atoms with E-state index in [9.17, 15) is 15.3 Å². The summed E-state index contributed by atoms with van der Waals surface area (Å²) in [4.78, 5) is 0. The van der Waals surface area contributed by atoms with Crippen LogP contribution in [0.2, 0.25) is 0 Å². The first-order chi connectivity index (χ1) is 10.6. The van der Waals surface area contributed by atoms with E-state index in [2.05, 4.69) is 0 Å². The van der Waals surface area contributed by atoms with Crippen molar-refractivity contribution in [3.8, 4) is 5.75 Å². The standard InChI is InChI=1S/C17H20O5/c1-10-14(9-18)22-17(16(20)15(10)19)21-13-7-6-11-4-2-3-5-12(11)8-13/h2-8,10,14-20H,9H2,1H3/t10-,14-,15+,16-,17-/m1/s1. The van der Waals surface area contributed by atoms with Crippen molar-refractivity contribution in [3.05, 3.63) is 42.5 Å². The zero-order chi connectivity index (χ0) is 15.7. The molecular weight excluding hydrogens is 284 g/mol. The van der Waals surface area contributed by atoms with Crippen LogP contribution >= 0.6 is 0 Å². The van der Waals surface area contributed by atoms with Gasteiger partial charge in [0.2, 0.25) is 6.29 Å². The van der Waals surface area contributed by atoms with Gasteiger partial charge in [0.05, 0.1) is 18.8 Å². The Labute approximate surface area is 128 Å². The van der Waals surface area contributed by atoms with Gasteiger partial charge in [-0.1, -0.05) is 37.3 Å². The van der Waals surface area contributed by atoms with Crippen molar-refractivity contribution >= 4 is 10.8 Å². The smallest absolute Gasteiger partial charge is 0.229 e. The lowest BCUT2D eigenvalue weighted by molar-refractivity contribution is -0.260. The molecule has 1 aliphatic rings. The summed E-state index contributed by atoms with van der Waals surface area (Å²) in [5.41, 5.74) is 0. The quantitative estimate of drug-likeness (QED) is 0.796. The van der Waals surface area contributed by atoms with Gasteiger partial charge < -0.3 is 24.8 Å². The molecule has 5 nitrogen and oxygen atoms in total. The van der Waals surface area contributed by atoms with E-state index >= 15 is 0 Å². The molecule has 1 saturated heterocycles. The lowest BCUT2D eigenvalue weighted by Crippen LogP contribution is -2.56. The molecule has 0 spiro atoms. The van der Waals surface area contributed by atoms with Crippen LogP contribution in [0.4, 0.5) is 0 Å². The van der Waals surface area contributed by atoms with Gasteiger partial charge in [-0.3, -0.25) is 0 Å². The molecule has 22 heavy (non-hydrogen) atoms. The first kappa shape index (κ1) is 15.2. The van der Waals surface area contributed by atoms with Gasteiger partial charge in [-0.25, -0.2) is 0 Å². The van der Waals surface area contributed by atoms with Crippen LogP contribution in [0.1, 0.15) is 6.92 Å². The molecule has 0 radical (unpaired) electrons. The highest BCUT2D eigenvalue weighted by Crippen LogP contribution is 2.29. The van der Waals surface area contributed by atoms with E-state index < -0.39 is 24.6 Å². The summed E-state index contributed by atoms with van der Waals surface area (Å²) in [6.45, 7) is 1.49. The van der Waals surface area contributed by atoms with E-state index in [4.69, 9.17) is 9.47 Å². The van der Waals surface area contributed by atoms with Gasteiger partial charge in [0, 0.05) is 5.92 Å². The zero-order valence-corrected chi connectivity index (χ0v) is 12.3. The Kier molecular flexibility index (Phi) is 4.31. The molecule has 0 unspecified atom stereocenters. The van der Waals surface area contributed by atoms with Crippen LogP contribution in [0.3, 0.4) is 0 Å². The minimum atomic E-state index is -1.16. The summed E-state index contributed by atoms with van der Waals surface area (Å²) >= 11 is 0. The molecule has 0 aromatic heterocycles. The van der Waals surface area contributed by atoms with E-state index in [0.717, 1.165) is 10.8 Å². The molecule has 3 N–H and O–H groups in total. The maximum Gasteiger partial charge on any atom is 0.229 e. The molecule has 5 heteroatoms. The van der Waals surface area contributed by atoms with Gasteiger partial charge in [-0.15, -0.1) is 0 Å². The average molecular weight is 304 g/mol. The second-order valence-electron chi connectivity index (χ2n) is 5.69. The fourth-order valence-corrected chi connectivity index (χ4v) is 2.75. The third kappa shape index (κ3) is 2.80. The average Bonchev–Trinajstić information content (AvgIpc) is 2.55. The van der Waals surface area contributed by atoms with E-state index in [1.807, 2.05) is 36.4 Å². The minimum Gasteiger partial charge on any atom is -0.462 e. The lowest BCUT2D eigenvalue weighted by Gasteiger charge is -2.40. The highest BCUT2D eigenvalue weighted by atomic mass is 16.7. The van der Waals surface area contributed by atoms with Gasteiger partial charge in [0.25, 0.3) is 0 Å². The van der Waals surface area contributed by atoms with Gasteiger partial charge in [0.15, 0.2) is 0 Å². The predicted octanol–water partition coefficient (Wildman–Crippen LogP) is 1.29. The number of hydrogen-bond donors (Lipinski definition) is 3. The Morgan fingerprint density at radius 1 is 1.05 bits per heavy atom. The number of hydrogen-bond acceptors (Lipinski definition) is 5. The molecular formula is C17H20O5. The van der Waals surface area contributed by atoms with Crippen LogP contribution in [-0.2, 0) is 4.74 Å². The Morgan fingerprint density at radius 3 is 2.50 bits per heavy atom. The molecule has 0 amide bonds. The second kappa shape index (κ2) is 6.22.